The molecule has 0 amide bonds. The topological polar surface area (TPSA) is 36.7 Å². The lowest BCUT2D eigenvalue weighted by Crippen LogP contribution is -1.80. The SMILES string of the molecule is N#Cc1cncc(/C=C/c2ccccc2Cl)c1. The molecule has 2 nitrogen and oxygen atoms in total. The van der Waals surface area contributed by atoms with Crippen LogP contribution in [0.4, 0.5) is 0 Å². The van der Waals surface area contributed by atoms with Gasteiger partial charge >= 0.3 is 0 Å². The second-order valence-electron chi connectivity index (χ2n) is 3.47. The molecule has 0 spiro atoms. The normalized spacial score (nSPS) is 10.4. The highest BCUT2D eigenvalue weighted by Crippen LogP contribution is 2.17. The smallest absolute Gasteiger partial charge is 0.101 e. The van der Waals surface area contributed by atoms with E-state index in [1.807, 2.05) is 36.4 Å². The van der Waals surface area contributed by atoms with Crippen molar-refractivity contribution in [3.63, 3.8) is 0 Å². The molecular weight excluding hydrogens is 232 g/mol. The number of nitriles is 1. The molecule has 0 saturated carbocycles. The Bertz CT molecular complexity index is 597. The van der Waals surface area contributed by atoms with Gasteiger partial charge in [-0.25, -0.2) is 0 Å². The summed E-state index contributed by atoms with van der Waals surface area (Å²) in [6.07, 6.45) is 7.02. The summed E-state index contributed by atoms with van der Waals surface area (Å²) < 4.78 is 0. The molecule has 1 aromatic carbocycles. The van der Waals surface area contributed by atoms with Gasteiger partial charge in [0.2, 0.25) is 0 Å². The maximum absolute atomic E-state index is 8.76. The van der Waals surface area contributed by atoms with E-state index in [0.717, 1.165) is 11.1 Å². The van der Waals surface area contributed by atoms with Crippen LogP contribution in [0.3, 0.4) is 0 Å². The second kappa shape index (κ2) is 5.29. The van der Waals surface area contributed by atoms with Crippen LogP contribution in [0.1, 0.15) is 16.7 Å². The van der Waals surface area contributed by atoms with E-state index in [9.17, 15) is 0 Å². The number of pyridine rings is 1. The van der Waals surface area contributed by atoms with Gasteiger partial charge < -0.3 is 0 Å². The van der Waals surface area contributed by atoms with E-state index in [-0.39, 0.29) is 0 Å². The molecule has 0 unspecified atom stereocenters. The van der Waals surface area contributed by atoms with Crippen LogP contribution in [0, 0.1) is 11.3 Å². The van der Waals surface area contributed by atoms with Crippen molar-refractivity contribution >= 4 is 23.8 Å². The first-order valence-electron chi connectivity index (χ1n) is 5.07. The van der Waals surface area contributed by atoms with Gasteiger partial charge in [-0.1, -0.05) is 42.0 Å². The fraction of sp³-hybridized carbons (Fsp3) is 0. The molecule has 0 fully saturated rings. The lowest BCUT2D eigenvalue weighted by atomic mass is 10.1. The first-order valence-corrected chi connectivity index (χ1v) is 5.45. The number of halogens is 1. The van der Waals surface area contributed by atoms with Gasteiger partial charge in [0.1, 0.15) is 6.07 Å². The Balaban J connectivity index is 2.27. The molecule has 0 atom stereocenters. The Labute approximate surface area is 105 Å². The van der Waals surface area contributed by atoms with E-state index in [4.69, 9.17) is 16.9 Å². The van der Waals surface area contributed by atoms with Crippen LogP contribution in [-0.4, -0.2) is 4.98 Å². The third-order valence-electron chi connectivity index (χ3n) is 2.25. The number of hydrogen-bond donors (Lipinski definition) is 0. The minimum atomic E-state index is 0.548. The summed E-state index contributed by atoms with van der Waals surface area (Å²) in [5, 5.41) is 9.46. The zero-order valence-electron chi connectivity index (χ0n) is 8.97. The van der Waals surface area contributed by atoms with Crippen molar-refractivity contribution in [2.24, 2.45) is 0 Å². The van der Waals surface area contributed by atoms with Crippen LogP contribution < -0.4 is 0 Å². The minimum Gasteiger partial charge on any atom is -0.263 e. The van der Waals surface area contributed by atoms with Gasteiger partial charge in [-0.2, -0.15) is 5.26 Å². The van der Waals surface area contributed by atoms with Gasteiger partial charge in [-0.3, -0.25) is 4.98 Å². The Morgan fingerprint density at radius 2 is 2.00 bits per heavy atom. The molecule has 0 radical (unpaired) electrons. The summed E-state index contributed by atoms with van der Waals surface area (Å²) in [5.74, 6) is 0. The molecule has 0 aliphatic carbocycles. The van der Waals surface area contributed by atoms with E-state index in [2.05, 4.69) is 11.1 Å². The van der Waals surface area contributed by atoms with Gasteiger partial charge in [-0.15, -0.1) is 0 Å². The first-order chi connectivity index (χ1) is 8.29. The Kier molecular flexibility index (Phi) is 3.54. The standard InChI is InChI=1S/C14H9ClN2/c15-14-4-2-1-3-13(14)6-5-11-7-12(8-16)10-17-9-11/h1-7,9-10H/b6-5+. The molecule has 1 aromatic heterocycles. The fourth-order valence-corrected chi connectivity index (χ4v) is 1.61. The van der Waals surface area contributed by atoms with E-state index in [1.165, 1.54) is 6.20 Å². The van der Waals surface area contributed by atoms with Crippen molar-refractivity contribution in [3.8, 4) is 6.07 Å². The van der Waals surface area contributed by atoms with E-state index in [1.54, 1.807) is 12.3 Å². The number of benzene rings is 1. The van der Waals surface area contributed by atoms with E-state index in [0.29, 0.717) is 10.6 Å². The largest absolute Gasteiger partial charge is 0.263 e. The van der Waals surface area contributed by atoms with Crippen molar-refractivity contribution in [3.05, 3.63) is 64.4 Å². The first kappa shape index (κ1) is 11.4. The third kappa shape index (κ3) is 2.93. The third-order valence-corrected chi connectivity index (χ3v) is 2.59. The van der Waals surface area contributed by atoms with Gasteiger partial charge in [-0.05, 0) is 23.3 Å². The van der Waals surface area contributed by atoms with Gasteiger partial charge in [0.15, 0.2) is 0 Å². The predicted molar refractivity (Wildman–Crippen MR) is 69.3 cm³/mol. The van der Waals surface area contributed by atoms with Crippen molar-refractivity contribution in [2.75, 3.05) is 0 Å². The summed E-state index contributed by atoms with van der Waals surface area (Å²) in [7, 11) is 0. The highest BCUT2D eigenvalue weighted by atomic mass is 35.5. The van der Waals surface area contributed by atoms with Crippen LogP contribution in [0.15, 0.2) is 42.7 Å². The minimum absolute atomic E-state index is 0.548. The zero-order chi connectivity index (χ0) is 12.1. The number of rotatable bonds is 2. The van der Waals surface area contributed by atoms with Crippen LogP contribution in [0.5, 0.6) is 0 Å². The summed E-state index contributed by atoms with van der Waals surface area (Å²) in [4.78, 5) is 3.98. The maximum atomic E-state index is 8.76. The van der Waals surface area contributed by atoms with E-state index < -0.39 is 0 Å². The van der Waals surface area contributed by atoms with Gasteiger partial charge in [0.05, 0.1) is 5.56 Å². The number of hydrogen-bond acceptors (Lipinski definition) is 2. The molecule has 0 aliphatic heterocycles. The van der Waals surface area contributed by atoms with Gasteiger partial charge in [0.25, 0.3) is 0 Å². The molecule has 1 heterocycles. The average Bonchev–Trinajstić information content (AvgIpc) is 2.38. The molecule has 2 rings (SSSR count). The second-order valence-corrected chi connectivity index (χ2v) is 3.88. The van der Waals surface area contributed by atoms with Crippen LogP contribution in [0.2, 0.25) is 5.02 Å². The molecule has 0 bridgehead atoms. The number of nitrogens with zero attached hydrogens (tertiary/aromatic N) is 2. The number of aromatic nitrogens is 1. The highest BCUT2D eigenvalue weighted by Gasteiger charge is 1.95. The molecule has 0 N–H and O–H groups in total. The summed E-state index contributed by atoms with van der Waals surface area (Å²) in [6, 6.07) is 11.4. The molecule has 2 aromatic rings. The fourth-order valence-electron chi connectivity index (χ4n) is 1.41. The van der Waals surface area contributed by atoms with Crippen LogP contribution >= 0.6 is 11.6 Å². The molecule has 0 saturated heterocycles. The van der Waals surface area contributed by atoms with Crippen molar-refractivity contribution < 1.29 is 0 Å². The summed E-state index contributed by atoms with van der Waals surface area (Å²) in [5.41, 5.74) is 2.37. The Hall–Kier alpha value is -2.11. The monoisotopic (exact) mass is 240 g/mol. The molecule has 0 aliphatic rings. The lowest BCUT2D eigenvalue weighted by Gasteiger charge is -1.97. The predicted octanol–water partition coefficient (Wildman–Crippen LogP) is 3.78. The van der Waals surface area contributed by atoms with Crippen LogP contribution in [-0.2, 0) is 0 Å². The van der Waals surface area contributed by atoms with E-state index >= 15 is 0 Å². The van der Waals surface area contributed by atoms with Crippen molar-refractivity contribution in [1.29, 1.82) is 5.26 Å². The molecule has 82 valence electrons. The quantitative estimate of drug-likeness (QED) is 0.801. The molecular formula is C14H9ClN2. The summed E-state index contributed by atoms with van der Waals surface area (Å²) >= 11 is 6.03. The summed E-state index contributed by atoms with van der Waals surface area (Å²) in [6.45, 7) is 0. The van der Waals surface area contributed by atoms with Gasteiger partial charge in [0, 0.05) is 17.4 Å². The Morgan fingerprint density at radius 1 is 1.18 bits per heavy atom. The van der Waals surface area contributed by atoms with Crippen LogP contribution in [0.25, 0.3) is 12.2 Å². The molecule has 3 heteroatoms. The Morgan fingerprint density at radius 3 is 2.76 bits per heavy atom. The average molecular weight is 241 g/mol. The van der Waals surface area contributed by atoms with Crippen molar-refractivity contribution in [2.45, 2.75) is 0 Å². The maximum Gasteiger partial charge on any atom is 0.101 e. The van der Waals surface area contributed by atoms with Crippen molar-refractivity contribution in [1.82, 2.24) is 4.98 Å². The molecule has 17 heavy (non-hydrogen) atoms. The highest BCUT2D eigenvalue weighted by molar-refractivity contribution is 6.32. The zero-order valence-corrected chi connectivity index (χ0v) is 9.72. The lowest BCUT2D eigenvalue weighted by molar-refractivity contribution is 1.29.